The molecule has 0 unspecified atom stereocenters. The second-order valence-electron chi connectivity index (χ2n) is 7.41. The molecular weight excluding hydrogens is 396 g/mol. The van der Waals surface area contributed by atoms with E-state index in [4.69, 9.17) is 4.74 Å². The molecule has 3 aromatic rings. The van der Waals surface area contributed by atoms with Gasteiger partial charge in [0.2, 0.25) is 0 Å². The van der Waals surface area contributed by atoms with E-state index in [1.54, 1.807) is 7.05 Å². The number of likely N-dealkylation sites (N-methyl/N-ethyl adjacent to an activating group) is 1. The van der Waals surface area contributed by atoms with Crippen LogP contribution in [0, 0.1) is 0 Å². The minimum atomic E-state index is -0.755. The predicted molar refractivity (Wildman–Crippen MR) is 115 cm³/mol. The van der Waals surface area contributed by atoms with Gasteiger partial charge in [-0.25, -0.2) is 9.48 Å². The van der Waals surface area contributed by atoms with Crippen LogP contribution in [-0.2, 0) is 27.3 Å². The van der Waals surface area contributed by atoms with Gasteiger partial charge < -0.3 is 14.5 Å². The summed E-state index contributed by atoms with van der Waals surface area (Å²) in [6, 6.07) is 16.7. The van der Waals surface area contributed by atoms with Crippen LogP contribution in [0.5, 0.6) is 0 Å². The maximum atomic E-state index is 12.7. The topological polar surface area (TPSA) is 93.5 Å². The van der Waals surface area contributed by atoms with Crippen molar-refractivity contribution in [3.8, 4) is 0 Å². The fraction of sp³-hybridized carbons (Fsp3) is 0.318. The van der Waals surface area contributed by atoms with Gasteiger partial charge in [0.05, 0.1) is 0 Å². The highest BCUT2D eigenvalue weighted by molar-refractivity contribution is 5.81. The van der Waals surface area contributed by atoms with Crippen LogP contribution < -0.4 is 4.90 Å². The number of nitrogens with zero attached hydrogens (tertiary/aromatic N) is 6. The quantitative estimate of drug-likeness (QED) is 0.485. The summed E-state index contributed by atoms with van der Waals surface area (Å²) in [5, 5.41) is 11.0. The summed E-state index contributed by atoms with van der Waals surface area (Å²) in [7, 11) is 5.62. The lowest BCUT2D eigenvalue weighted by molar-refractivity contribution is -0.155. The molecule has 1 amide bonds. The molecule has 0 fully saturated rings. The average molecular weight is 422 g/mol. The second kappa shape index (κ2) is 10.3. The highest BCUT2D eigenvalue weighted by Gasteiger charge is 2.25. The van der Waals surface area contributed by atoms with Crippen LogP contribution in [-0.4, -0.2) is 64.7 Å². The van der Waals surface area contributed by atoms with Crippen molar-refractivity contribution in [1.82, 2.24) is 25.1 Å². The summed E-state index contributed by atoms with van der Waals surface area (Å²) in [6.45, 7) is 0.0725. The third-order valence-corrected chi connectivity index (χ3v) is 4.86. The molecule has 3 rings (SSSR count). The molecule has 0 bridgehead atoms. The van der Waals surface area contributed by atoms with E-state index in [1.807, 2.05) is 73.6 Å². The number of hydrogen-bond donors (Lipinski definition) is 0. The number of amides is 1. The van der Waals surface area contributed by atoms with E-state index in [2.05, 4.69) is 15.5 Å². The number of carbonyl (C=O) groups is 2. The van der Waals surface area contributed by atoms with Crippen LogP contribution in [0.25, 0.3) is 0 Å². The first-order valence-electron chi connectivity index (χ1n) is 9.87. The largest absolute Gasteiger partial charge is 0.454 e. The Balaban J connectivity index is 1.57. The van der Waals surface area contributed by atoms with Crippen molar-refractivity contribution in [3.05, 3.63) is 72.1 Å². The Kier molecular flexibility index (Phi) is 7.31. The Bertz CT molecular complexity index is 974. The smallest absolute Gasteiger partial charge is 0.331 e. The molecule has 0 radical (unpaired) electrons. The van der Waals surface area contributed by atoms with Crippen molar-refractivity contribution in [1.29, 1.82) is 0 Å². The van der Waals surface area contributed by atoms with Gasteiger partial charge in [-0.3, -0.25) is 4.79 Å². The molecule has 31 heavy (non-hydrogen) atoms. The molecule has 0 N–H and O–H groups in total. The Morgan fingerprint density at radius 1 is 1.00 bits per heavy atom. The van der Waals surface area contributed by atoms with Gasteiger partial charge in [-0.15, -0.1) is 5.10 Å². The standard InChI is InChI=1S/C22H26N6O3/c1-26(2)19-11-9-18(10-12-19)14-27(3)21(29)15-31-22(30)20(28-16-23-24-25-28)13-17-7-5-4-6-8-17/h4-12,16,20H,13-15H2,1-3H3/t20-/m1/s1. The molecule has 0 aliphatic carbocycles. The lowest BCUT2D eigenvalue weighted by Crippen LogP contribution is -2.33. The Morgan fingerprint density at radius 2 is 1.71 bits per heavy atom. The van der Waals surface area contributed by atoms with E-state index < -0.39 is 12.0 Å². The van der Waals surface area contributed by atoms with Crippen LogP contribution in [0.15, 0.2) is 60.9 Å². The lowest BCUT2D eigenvalue weighted by atomic mass is 10.1. The molecule has 162 valence electrons. The predicted octanol–water partition coefficient (Wildman–Crippen LogP) is 1.72. The van der Waals surface area contributed by atoms with E-state index >= 15 is 0 Å². The van der Waals surface area contributed by atoms with Gasteiger partial charge in [0.25, 0.3) is 5.91 Å². The van der Waals surface area contributed by atoms with Gasteiger partial charge in [0, 0.05) is 39.8 Å². The fourth-order valence-electron chi connectivity index (χ4n) is 3.03. The third-order valence-electron chi connectivity index (χ3n) is 4.86. The van der Waals surface area contributed by atoms with E-state index in [1.165, 1.54) is 15.9 Å². The van der Waals surface area contributed by atoms with Crippen LogP contribution >= 0.6 is 0 Å². The van der Waals surface area contributed by atoms with Gasteiger partial charge in [-0.05, 0) is 33.7 Å². The SMILES string of the molecule is CN(Cc1ccc(N(C)C)cc1)C(=O)COC(=O)[C@@H](Cc1ccccc1)n1cnnn1. The number of ether oxygens (including phenoxy) is 1. The lowest BCUT2D eigenvalue weighted by Gasteiger charge is -2.20. The van der Waals surface area contributed by atoms with Crippen molar-refractivity contribution in [2.45, 2.75) is 19.0 Å². The molecule has 9 nitrogen and oxygen atoms in total. The van der Waals surface area contributed by atoms with Crippen molar-refractivity contribution in [2.75, 3.05) is 32.6 Å². The zero-order valence-corrected chi connectivity index (χ0v) is 17.9. The normalized spacial score (nSPS) is 11.6. The number of aromatic nitrogens is 4. The Labute approximate surface area is 181 Å². The molecule has 1 heterocycles. The molecule has 0 spiro atoms. The molecule has 9 heteroatoms. The molecule has 2 aromatic carbocycles. The minimum absolute atomic E-state index is 0.291. The van der Waals surface area contributed by atoms with Gasteiger partial charge in [-0.2, -0.15) is 0 Å². The number of carbonyl (C=O) groups excluding carboxylic acids is 2. The summed E-state index contributed by atoms with van der Waals surface area (Å²) in [6.07, 6.45) is 1.72. The summed E-state index contributed by atoms with van der Waals surface area (Å²) in [4.78, 5) is 28.7. The number of anilines is 1. The molecule has 0 saturated heterocycles. The van der Waals surface area contributed by atoms with Crippen molar-refractivity contribution < 1.29 is 14.3 Å². The number of esters is 1. The monoisotopic (exact) mass is 422 g/mol. The van der Waals surface area contributed by atoms with Crippen LogP contribution in [0.4, 0.5) is 5.69 Å². The van der Waals surface area contributed by atoms with E-state index in [-0.39, 0.29) is 12.5 Å². The third kappa shape index (κ3) is 6.11. The van der Waals surface area contributed by atoms with E-state index in [9.17, 15) is 9.59 Å². The maximum Gasteiger partial charge on any atom is 0.331 e. The van der Waals surface area contributed by atoms with Gasteiger partial charge in [-0.1, -0.05) is 42.5 Å². The summed E-state index contributed by atoms with van der Waals surface area (Å²) < 4.78 is 6.66. The summed E-state index contributed by atoms with van der Waals surface area (Å²) >= 11 is 0. The zero-order valence-electron chi connectivity index (χ0n) is 17.9. The first-order chi connectivity index (χ1) is 14.9. The maximum absolute atomic E-state index is 12.7. The Hall–Kier alpha value is -3.75. The first kappa shape index (κ1) is 21.9. The summed E-state index contributed by atoms with van der Waals surface area (Å²) in [5.41, 5.74) is 3.01. The molecular formula is C22H26N6O3. The van der Waals surface area contributed by atoms with E-state index in [0.717, 1.165) is 16.8 Å². The van der Waals surface area contributed by atoms with Crippen LogP contribution in [0.2, 0.25) is 0 Å². The fourth-order valence-corrected chi connectivity index (χ4v) is 3.03. The molecule has 1 aromatic heterocycles. The zero-order chi connectivity index (χ0) is 22.2. The number of tetrazole rings is 1. The van der Waals surface area contributed by atoms with Crippen LogP contribution in [0.3, 0.4) is 0 Å². The van der Waals surface area contributed by atoms with Crippen LogP contribution in [0.1, 0.15) is 17.2 Å². The molecule has 0 saturated carbocycles. The molecule has 1 atom stereocenters. The first-order valence-corrected chi connectivity index (χ1v) is 9.87. The average Bonchev–Trinajstić information content (AvgIpc) is 3.31. The summed E-state index contributed by atoms with van der Waals surface area (Å²) in [5.74, 6) is -0.853. The van der Waals surface area contributed by atoms with Gasteiger partial charge in [0.1, 0.15) is 6.33 Å². The van der Waals surface area contributed by atoms with Crippen molar-refractivity contribution in [3.63, 3.8) is 0 Å². The molecule has 0 aliphatic heterocycles. The van der Waals surface area contributed by atoms with Crippen molar-refractivity contribution >= 4 is 17.6 Å². The minimum Gasteiger partial charge on any atom is -0.454 e. The number of benzene rings is 2. The molecule has 0 aliphatic rings. The highest BCUT2D eigenvalue weighted by Crippen LogP contribution is 2.16. The number of rotatable bonds is 9. The number of hydrogen-bond acceptors (Lipinski definition) is 7. The van der Waals surface area contributed by atoms with Gasteiger partial charge in [0.15, 0.2) is 12.6 Å². The highest BCUT2D eigenvalue weighted by atomic mass is 16.5. The van der Waals surface area contributed by atoms with E-state index in [0.29, 0.717) is 13.0 Å². The second-order valence-corrected chi connectivity index (χ2v) is 7.41. The Morgan fingerprint density at radius 3 is 2.32 bits per heavy atom. The van der Waals surface area contributed by atoms with Crippen molar-refractivity contribution in [2.24, 2.45) is 0 Å². The van der Waals surface area contributed by atoms with Gasteiger partial charge >= 0.3 is 5.97 Å².